The Hall–Kier alpha value is -3.02. The van der Waals surface area contributed by atoms with Gasteiger partial charge in [-0.15, -0.1) is 5.84 Å². The van der Waals surface area contributed by atoms with Crippen LogP contribution in [0.15, 0.2) is 79.5 Å². The summed E-state index contributed by atoms with van der Waals surface area (Å²) in [6, 6.07) is 16.5. The van der Waals surface area contributed by atoms with E-state index in [0.717, 1.165) is 30.8 Å². The van der Waals surface area contributed by atoms with Crippen molar-refractivity contribution in [2.45, 2.75) is 19.8 Å². The topological polar surface area (TPSA) is 55.0 Å². The van der Waals surface area contributed by atoms with Crippen LogP contribution in [0.4, 0.5) is 11.4 Å². The molecule has 4 rings (SSSR count). The molecule has 0 amide bonds. The van der Waals surface area contributed by atoms with Crippen LogP contribution < -0.4 is 15.6 Å². The van der Waals surface area contributed by atoms with E-state index in [0.29, 0.717) is 0 Å². The Morgan fingerprint density at radius 1 is 0.926 bits per heavy atom. The first-order chi connectivity index (χ1) is 13.2. The van der Waals surface area contributed by atoms with E-state index < -0.39 is 0 Å². The highest BCUT2D eigenvalue weighted by Gasteiger charge is 2.41. The van der Waals surface area contributed by atoms with E-state index in [1.165, 1.54) is 16.7 Å². The second-order valence-corrected chi connectivity index (χ2v) is 6.77. The summed E-state index contributed by atoms with van der Waals surface area (Å²) in [5.74, 6) is 7.03. The number of hydrogen-bond donors (Lipinski definition) is 1. The number of nitrogens with zero attached hydrogens (tertiary/aromatic N) is 4. The van der Waals surface area contributed by atoms with Gasteiger partial charge in [0.25, 0.3) is 0 Å². The fourth-order valence-corrected chi connectivity index (χ4v) is 3.71. The first-order valence-corrected chi connectivity index (χ1v) is 9.28. The molecule has 1 aromatic carbocycles. The molecule has 3 heterocycles. The van der Waals surface area contributed by atoms with Crippen LogP contribution in [0.5, 0.6) is 0 Å². The number of rotatable bonds is 6. The molecule has 0 radical (unpaired) electrons. The first-order valence-electron chi connectivity index (χ1n) is 9.28. The average Bonchev–Trinajstić information content (AvgIpc) is 3.00. The molecule has 1 atom stereocenters. The molecule has 1 aliphatic rings. The second-order valence-electron chi connectivity index (χ2n) is 6.77. The summed E-state index contributed by atoms with van der Waals surface area (Å²) < 4.78 is 0.147. The first kappa shape index (κ1) is 17.4. The number of fused-ring (bicyclic) bond motifs is 1. The van der Waals surface area contributed by atoms with Gasteiger partial charge in [0.2, 0.25) is 0 Å². The van der Waals surface area contributed by atoms with Crippen LogP contribution in [0, 0.1) is 0 Å². The molecule has 1 aliphatic heterocycles. The normalized spacial score (nSPS) is 18.1. The lowest BCUT2D eigenvalue weighted by molar-refractivity contribution is 0.355. The zero-order valence-corrected chi connectivity index (χ0v) is 15.5. The van der Waals surface area contributed by atoms with Gasteiger partial charge in [0, 0.05) is 48.4 Å². The number of para-hydroxylation sites is 1. The van der Waals surface area contributed by atoms with E-state index in [9.17, 15) is 0 Å². The molecular weight excluding hydrogens is 334 g/mol. The molecular formula is C22H24N5+. The van der Waals surface area contributed by atoms with E-state index in [2.05, 4.69) is 64.5 Å². The van der Waals surface area contributed by atoms with Crippen molar-refractivity contribution in [2.24, 2.45) is 5.84 Å². The number of anilines is 1. The van der Waals surface area contributed by atoms with E-state index in [1.54, 1.807) is 0 Å². The molecule has 3 aromatic rings. The average molecular weight is 358 g/mol. The lowest BCUT2D eigenvalue weighted by Gasteiger charge is -2.37. The largest absolute Gasteiger partial charge is 0.265 e. The summed E-state index contributed by atoms with van der Waals surface area (Å²) in [6.07, 6.45) is 11.3. The Bertz CT molecular complexity index is 939. The van der Waals surface area contributed by atoms with Gasteiger partial charge in [-0.05, 0) is 42.3 Å². The van der Waals surface area contributed by atoms with Gasteiger partial charge in [-0.25, -0.2) is 0 Å². The smallest absolute Gasteiger partial charge is 0.189 e. The standard InChI is InChI=1S/C22H24N5/c1-2-15-26(20-9-13-25-14-10-20)27(23)17-19(16-18-7-11-24-12-8-18)21-5-3-4-6-22(21)27/h3-14,17H,2,15-16,23H2,1H3/q+1. The van der Waals surface area contributed by atoms with Crippen molar-refractivity contribution >= 4 is 16.9 Å². The predicted molar refractivity (Wildman–Crippen MR) is 110 cm³/mol. The van der Waals surface area contributed by atoms with Crippen molar-refractivity contribution < 1.29 is 0 Å². The van der Waals surface area contributed by atoms with Crippen molar-refractivity contribution in [1.82, 2.24) is 14.7 Å². The molecule has 0 fully saturated rings. The minimum Gasteiger partial charge on any atom is -0.265 e. The highest BCUT2D eigenvalue weighted by atomic mass is 15.9. The van der Waals surface area contributed by atoms with Gasteiger partial charge in [0.1, 0.15) is 0 Å². The van der Waals surface area contributed by atoms with Gasteiger partial charge < -0.3 is 0 Å². The van der Waals surface area contributed by atoms with Gasteiger partial charge >= 0.3 is 0 Å². The zero-order chi connectivity index (χ0) is 18.7. The number of aromatic nitrogens is 2. The van der Waals surface area contributed by atoms with Gasteiger partial charge in [-0.2, -0.15) is 5.01 Å². The van der Waals surface area contributed by atoms with Crippen LogP contribution in [-0.2, 0) is 6.42 Å². The van der Waals surface area contributed by atoms with Crippen molar-refractivity contribution in [3.63, 3.8) is 0 Å². The Balaban J connectivity index is 1.80. The van der Waals surface area contributed by atoms with Gasteiger partial charge in [0.15, 0.2) is 11.9 Å². The highest BCUT2D eigenvalue weighted by Crippen LogP contribution is 2.41. The lowest BCUT2D eigenvalue weighted by Crippen LogP contribution is -2.63. The maximum Gasteiger partial charge on any atom is 0.189 e. The molecule has 0 aliphatic carbocycles. The molecule has 1 unspecified atom stereocenters. The number of pyridine rings is 2. The molecule has 27 heavy (non-hydrogen) atoms. The van der Waals surface area contributed by atoms with Crippen LogP contribution >= 0.6 is 0 Å². The van der Waals surface area contributed by atoms with Crippen molar-refractivity contribution in [1.29, 1.82) is 0 Å². The second kappa shape index (κ2) is 7.31. The van der Waals surface area contributed by atoms with Crippen LogP contribution in [0.3, 0.4) is 0 Å². The Labute approximate surface area is 159 Å². The maximum atomic E-state index is 7.03. The molecule has 136 valence electrons. The molecule has 0 saturated carbocycles. The van der Waals surface area contributed by atoms with Crippen molar-refractivity contribution in [2.75, 3.05) is 11.6 Å². The Morgan fingerprint density at radius 2 is 1.59 bits per heavy atom. The number of quaternary nitrogens is 1. The molecule has 0 spiro atoms. The molecule has 0 saturated heterocycles. The number of nitrogens with two attached hydrogens (primary N) is 1. The summed E-state index contributed by atoms with van der Waals surface area (Å²) in [5, 5.41) is 2.22. The minimum atomic E-state index is 0.147. The van der Waals surface area contributed by atoms with Crippen molar-refractivity contribution in [3.05, 3.63) is 90.6 Å². The third kappa shape index (κ3) is 3.23. The van der Waals surface area contributed by atoms with E-state index in [1.807, 2.05) is 36.9 Å². The molecule has 5 nitrogen and oxygen atoms in total. The molecule has 2 N–H and O–H groups in total. The Morgan fingerprint density at radius 3 is 2.30 bits per heavy atom. The molecule has 2 aromatic heterocycles. The number of benzene rings is 1. The third-order valence-corrected chi connectivity index (χ3v) is 4.93. The maximum absolute atomic E-state index is 7.03. The van der Waals surface area contributed by atoms with Crippen molar-refractivity contribution in [3.8, 4) is 0 Å². The monoisotopic (exact) mass is 358 g/mol. The van der Waals surface area contributed by atoms with E-state index in [-0.39, 0.29) is 4.70 Å². The van der Waals surface area contributed by atoms with Crippen LogP contribution in [0.1, 0.15) is 24.5 Å². The lowest BCUT2D eigenvalue weighted by atomic mass is 10.0. The van der Waals surface area contributed by atoms with Crippen LogP contribution in [-0.4, -0.2) is 16.5 Å². The van der Waals surface area contributed by atoms with Crippen LogP contribution in [0.2, 0.25) is 0 Å². The summed E-state index contributed by atoms with van der Waals surface area (Å²) in [6.45, 7) is 3.01. The fourth-order valence-electron chi connectivity index (χ4n) is 3.71. The number of allylic oxidation sites excluding steroid dienone is 1. The summed E-state index contributed by atoms with van der Waals surface area (Å²) in [4.78, 5) is 8.28. The summed E-state index contributed by atoms with van der Waals surface area (Å²) >= 11 is 0. The van der Waals surface area contributed by atoms with Gasteiger partial charge in [-0.1, -0.05) is 23.8 Å². The predicted octanol–water partition coefficient (Wildman–Crippen LogP) is 4.09. The van der Waals surface area contributed by atoms with Gasteiger partial charge in [-0.3, -0.25) is 9.97 Å². The van der Waals surface area contributed by atoms with Crippen LogP contribution in [0.25, 0.3) is 5.57 Å². The minimum absolute atomic E-state index is 0.147. The highest BCUT2D eigenvalue weighted by molar-refractivity contribution is 5.84. The SMILES string of the molecule is CCCN(c1ccncc1)[N+]1(N)C=C(Cc2ccncc2)c2ccccc21. The van der Waals surface area contributed by atoms with Gasteiger partial charge in [0.05, 0.1) is 12.2 Å². The summed E-state index contributed by atoms with van der Waals surface area (Å²) in [7, 11) is 0. The molecule has 5 heteroatoms. The Kier molecular flexibility index (Phi) is 4.71. The van der Waals surface area contributed by atoms with E-state index >= 15 is 0 Å². The number of hydrogen-bond acceptors (Lipinski definition) is 4. The molecule has 0 bridgehead atoms. The fraction of sp³-hybridized carbons (Fsp3) is 0.182. The zero-order valence-electron chi connectivity index (χ0n) is 15.5. The third-order valence-electron chi connectivity index (χ3n) is 4.93. The summed E-state index contributed by atoms with van der Waals surface area (Å²) in [5.41, 5.74) is 5.81. The quantitative estimate of drug-likeness (QED) is 0.533. The van der Waals surface area contributed by atoms with E-state index in [4.69, 9.17) is 5.84 Å².